The average Bonchev–Trinajstić information content (AvgIpc) is 2.16. The predicted octanol–water partition coefficient (Wildman–Crippen LogP) is 2.17. The summed E-state index contributed by atoms with van der Waals surface area (Å²) in [5.74, 6) is 3.19. The third-order valence-corrected chi connectivity index (χ3v) is 4.38. The molecular formula is C11H19N. The Morgan fingerprint density at radius 2 is 1.58 bits per heavy atom. The van der Waals surface area contributed by atoms with Gasteiger partial charge in [0.1, 0.15) is 0 Å². The van der Waals surface area contributed by atoms with Gasteiger partial charge in [-0.3, -0.25) is 0 Å². The first-order valence-corrected chi connectivity index (χ1v) is 5.57. The van der Waals surface area contributed by atoms with Gasteiger partial charge in [-0.2, -0.15) is 0 Å². The molecule has 0 radical (unpaired) electrons. The molecule has 2 aliphatic heterocycles. The van der Waals surface area contributed by atoms with Gasteiger partial charge in [-0.25, -0.2) is 0 Å². The van der Waals surface area contributed by atoms with Gasteiger partial charge in [-0.1, -0.05) is 0 Å². The average molecular weight is 165 g/mol. The van der Waals surface area contributed by atoms with E-state index in [4.69, 9.17) is 0 Å². The first-order chi connectivity index (χ1) is 5.81. The zero-order valence-electron chi connectivity index (χ0n) is 7.92. The number of rotatable bonds is 0. The first kappa shape index (κ1) is 7.37. The van der Waals surface area contributed by atoms with Crippen LogP contribution in [-0.4, -0.2) is 12.1 Å². The van der Waals surface area contributed by atoms with Gasteiger partial charge in [0.25, 0.3) is 0 Å². The van der Waals surface area contributed by atoms with E-state index in [1.54, 1.807) is 6.42 Å². The maximum atomic E-state index is 3.80. The molecule has 0 spiro atoms. The maximum Gasteiger partial charge on any atom is 0.00749 e. The molecular weight excluding hydrogens is 146 g/mol. The highest BCUT2D eigenvalue weighted by Gasteiger charge is 2.41. The topological polar surface area (TPSA) is 12.0 Å². The number of fused-ring (bicyclic) bond motifs is 1. The Labute approximate surface area is 74.9 Å². The summed E-state index contributed by atoms with van der Waals surface area (Å²) in [5, 5.41) is 3.80. The van der Waals surface area contributed by atoms with Crippen molar-refractivity contribution >= 4 is 0 Å². The molecule has 1 N–H and O–H groups in total. The molecule has 12 heavy (non-hydrogen) atoms. The van der Waals surface area contributed by atoms with Crippen molar-refractivity contribution in [2.45, 2.75) is 51.1 Å². The molecule has 0 amide bonds. The van der Waals surface area contributed by atoms with Gasteiger partial charge in [-0.15, -0.1) is 0 Å². The van der Waals surface area contributed by atoms with E-state index in [2.05, 4.69) is 12.2 Å². The van der Waals surface area contributed by atoms with E-state index < -0.39 is 0 Å². The van der Waals surface area contributed by atoms with Crippen LogP contribution in [0.3, 0.4) is 0 Å². The molecule has 2 heterocycles. The molecule has 1 heteroatoms. The van der Waals surface area contributed by atoms with Crippen molar-refractivity contribution in [1.82, 2.24) is 5.32 Å². The summed E-state index contributed by atoms with van der Waals surface area (Å²) in [5.41, 5.74) is 0. The van der Waals surface area contributed by atoms with Crippen molar-refractivity contribution < 1.29 is 0 Å². The van der Waals surface area contributed by atoms with E-state index in [1.807, 2.05) is 0 Å². The zero-order valence-corrected chi connectivity index (χ0v) is 7.92. The molecule has 4 rings (SSSR count). The number of hydrogen-bond donors (Lipinski definition) is 1. The van der Waals surface area contributed by atoms with E-state index >= 15 is 0 Å². The van der Waals surface area contributed by atoms with Gasteiger partial charge in [-0.05, 0) is 56.8 Å². The third kappa shape index (κ3) is 1.02. The minimum Gasteiger partial charge on any atom is -0.311 e. The molecule has 4 fully saturated rings. The zero-order chi connectivity index (χ0) is 8.13. The van der Waals surface area contributed by atoms with Crippen LogP contribution in [-0.2, 0) is 0 Å². The molecule has 2 saturated heterocycles. The van der Waals surface area contributed by atoms with E-state index in [9.17, 15) is 0 Å². The van der Waals surface area contributed by atoms with Crippen LogP contribution in [0.15, 0.2) is 0 Å². The lowest BCUT2D eigenvalue weighted by molar-refractivity contribution is 0.150. The second-order valence-electron chi connectivity index (χ2n) is 5.32. The predicted molar refractivity (Wildman–Crippen MR) is 49.9 cm³/mol. The Morgan fingerprint density at radius 1 is 0.917 bits per heavy atom. The van der Waals surface area contributed by atoms with Crippen LogP contribution >= 0.6 is 0 Å². The molecule has 0 aromatic heterocycles. The molecule has 2 aliphatic carbocycles. The van der Waals surface area contributed by atoms with Gasteiger partial charge in [0.2, 0.25) is 0 Å². The Kier molecular flexibility index (Phi) is 1.52. The Hall–Kier alpha value is -0.0400. The van der Waals surface area contributed by atoms with Crippen LogP contribution in [0.4, 0.5) is 0 Å². The molecule has 4 aliphatic rings. The molecule has 5 atom stereocenters. The van der Waals surface area contributed by atoms with Crippen molar-refractivity contribution in [1.29, 1.82) is 0 Å². The van der Waals surface area contributed by atoms with Crippen molar-refractivity contribution in [2.75, 3.05) is 0 Å². The first-order valence-electron chi connectivity index (χ1n) is 5.57. The molecule has 1 nitrogen and oxygen atoms in total. The highest BCUT2D eigenvalue weighted by molar-refractivity contribution is 4.96. The molecule has 68 valence electrons. The fourth-order valence-electron chi connectivity index (χ4n) is 3.95. The Bertz CT molecular complexity index is 175. The quantitative estimate of drug-likeness (QED) is 0.580. The molecule has 0 aromatic rings. The van der Waals surface area contributed by atoms with E-state index in [0.717, 1.165) is 29.8 Å². The van der Waals surface area contributed by atoms with E-state index in [0.29, 0.717) is 0 Å². The van der Waals surface area contributed by atoms with Crippen molar-refractivity contribution in [3.63, 3.8) is 0 Å². The van der Waals surface area contributed by atoms with Crippen molar-refractivity contribution in [2.24, 2.45) is 17.8 Å². The third-order valence-electron chi connectivity index (χ3n) is 4.38. The van der Waals surface area contributed by atoms with Gasteiger partial charge in [0.15, 0.2) is 0 Å². The van der Waals surface area contributed by atoms with E-state index in [1.165, 1.54) is 25.7 Å². The minimum absolute atomic E-state index is 0.810. The van der Waals surface area contributed by atoms with Crippen LogP contribution in [0.5, 0.6) is 0 Å². The van der Waals surface area contributed by atoms with Crippen LogP contribution in [0.25, 0.3) is 0 Å². The van der Waals surface area contributed by atoms with Crippen molar-refractivity contribution in [3.8, 4) is 0 Å². The molecule has 3 unspecified atom stereocenters. The fraction of sp³-hybridized carbons (Fsp3) is 1.00. The van der Waals surface area contributed by atoms with Gasteiger partial charge >= 0.3 is 0 Å². The Morgan fingerprint density at radius 3 is 2.25 bits per heavy atom. The number of nitrogens with one attached hydrogen (secondary N) is 1. The van der Waals surface area contributed by atoms with Crippen LogP contribution in [0.2, 0.25) is 0 Å². The highest BCUT2D eigenvalue weighted by Crippen LogP contribution is 2.46. The van der Waals surface area contributed by atoms with Gasteiger partial charge < -0.3 is 5.32 Å². The standard InChI is InChI=1S/C11H19N/c1-7-10-3-8-2-9(4-10)6-11(5-8)12-7/h7-12H,2-6H2,1H3/t7-,8-,9?,10?,11?/m1/s1. The summed E-state index contributed by atoms with van der Waals surface area (Å²) >= 11 is 0. The summed E-state index contributed by atoms with van der Waals surface area (Å²) in [7, 11) is 0. The van der Waals surface area contributed by atoms with E-state index in [-0.39, 0.29) is 0 Å². The second kappa shape index (κ2) is 2.47. The van der Waals surface area contributed by atoms with Gasteiger partial charge in [0, 0.05) is 12.1 Å². The normalized spacial score (nSPS) is 57.2. The second-order valence-corrected chi connectivity index (χ2v) is 5.32. The summed E-state index contributed by atoms with van der Waals surface area (Å²) < 4.78 is 0. The lowest BCUT2D eigenvalue weighted by atomic mass is 9.67. The lowest BCUT2D eigenvalue weighted by Crippen LogP contribution is -2.37. The molecule has 2 saturated carbocycles. The fourth-order valence-corrected chi connectivity index (χ4v) is 3.95. The molecule has 0 aromatic carbocycles. The lowest BCUT2D eigenvalue weighted by Gasteiger charge is -2.38. The van der Waals surface area contributed by atoms with Gasteiger partial charge in [0.05, 0.1) is 0 Å². The maximum absolute atomic E-state index is 3.80. The smallest absolute Gasteiger partial charge is 0.00749 e. The summed E-state index contributed by atoms with van der Waals surface area (Å²) in [6.07, 6.45) is 7.58. The largest absolute Gasteiger partial charge is 0.311 e. The SMILES string of the molecule is C[C@H]1NC2CC3CC1C[C@@H](C3)C2. The summed E-state index contributed by atoms with van der Waals surface area (Å²) in [6.45, 7) is 2.40. The minimum atomic E-state index is 0.810. The van der Waals surface area contributed by atoms with Crippen LogP contribution in [0, 0.1) is 17.8 Å². The number of hydrogen-bond acceptors (Lipinski definition) is 1. The summed E-state index contributed by atoms with van der Waals surface area (Å²) in [4.78, 5) is 0. The highest BCUT2D eigenvalue weighted by atomic mass is 15.0. The van der Waals surface area contributed by atoms with Crippen LogP contribution < -0.4 is 5.32 Å². The monoisotopic (exact) mass is 165 g/mol. The molecule has 4 bridgehead atoms. The Balaban J connectivity index is 1.91. The summed E-state index contributed by atoms with van der Waals surface area (Å²) in [6, 6.07) is 1.70. The van der Waals surface area contributed by atoms with Crippen molar-refractivity contribution in [3.05, 3.63) is 0 Å². The van der Waals surface area contributed by atoms with Crippen LogP contribution in [0.1, 0.15) is 39.0 Å².